The number of nitrogen functional groups attached to an aromatic ring is 1. The quantitative estimate of drug-likeness (QED) is 0.796. The Morgan fingerprint density at radius 3 is 2.59 bits per heavy atom. The van der Waals surface area contributed by atoms with Crippen LogP contribution in [0.5, 0.6) is 0 Å². The summed E-state index contributed by atoms with van der Waals surface area (Å²) in [6, 6.07) is 17.3. The van der Waals surface area contributed by atoms with Gasteiger partial charge in [0.05, 0.1) is 11.3 Å². The summed E-state index contributed by atoms with van der Waals surface area (Å²) in [5.41, 5.74) is 8.96. The van der Waals surface area contributed by atoms with Gasteiger partial charge in [-0.25, -0.2) is 0 Å². The zero-order valence-electron chi connectivity index (χ0n) is 9.59. The van der Waals surface area contributed by atoms with Crippen molar-refractivity contribution in [2.24, 2.45) is 0 Å². The number of rotatable bonds is 2. The molecule has 0 fully saturated rings. The van der Waals surface area contributed by atoms with Gasteiger partial charge in [-0.3, -0.25) is 0 Å². The maximum atomic E-state index is 9.07. The first-order chi connectivity index (χ1) is 8.22. The van der Waals surface area contributed by atoms with Gasteiger partial charge < -0.3 is 10.6 Å². The van der Waals surface area contributed by atoms with Gasteiger partial charge >= 0.3 is 0 Å². The van der Waals surface area contributed by atoms with E-state index in [4.69, 9.17) is 11.0 Å². The molecule has 0 saturated heterocycles. The molecule has 2 aromatic rings. The Kier molecular flexibility index (Phi) is 2.97. The predicted octanol–water partition coefficient (Wildman–Crippen LogP) is 2.91. The maximum Gasteiger partial charge on any atom is 0.101 e. The van der Waals surface area contributed by atoms with Gasteiger partial charge in [-0.05, 0) is 30.3 Å². The van der Waals surface area contributed by atoms with Gasteiger partial charge in [-0.1, -0.05) is 18.2 Å². The summed E-state index contributed by atoms with van der Waals surface area (Å²) in [5, 5.41) is 9.07. The SMILES string of the molecule is CN(c1cccc(N)c1)c1ccccc1C#N. The Hall–Kier alpha value is -2.47. The molecule has 0 atom stereocenters. The molecule has 0 aliphatic carbocycles. The van der Waals surface area contributed by atoms with Crippen molar-refractivity contribution >= 4 is 17.1 Å². The first-order valence-corrected chi connectivity index (χ1v) is 5.31. The molecule has 17 heavy (non-hydrogen) atoms. The van der Waals surface area contributed by atoms with Crippen molar-refractivity contribution < 1.29 is 0 Å². The van der Waals surface area contributed by atoms with Gasteiger partial charge in [0.15, 0.2) is 0 Å². The average Bonchev–Trinajstić information content (AvgIpc) is 2.38. The van der Waals surface area contributed by atoms with Gasteiger partial charge in [0.25, 0.3) is 0 Å². The van der Waals surface area contributed by atoms with Gasteiger partial charge in [0, 0.05) is 18.4 Å². The smallest absolute Gasteiger partial charge is 0.101 e. The molecule has 0 aromatic heterocycles. The molecular formula is C14H13N3. The second kappa shape index (κ2) is 4.58. The van der Waals surface area contributed by atoms with Crippen molar-refractivity contribution in [2.45, 2.75) is 0 Å². The standard InChI is InChI=1S/C14H13N3/c1-17(13-7-4-6-12(16)9-13)14-8-3-2-5-11(14)10-15/h2-9H,16H2,1H3. The number of nitriles is 1. The number of nitrogens with two attached hydrogens (primary N) is 1. The summed E-state index contributed by atoms with van der Waals surface area (Å²) in [7, 11) is 1.92. The zero-order chi connectivity index (χ0) is 12.3. The van der Waals surface area contributed by atoms with E-state index in [0.29, 0.717) is 11.3 Å². The summed E-state index contributed by atoms with van der Waals surface area (Å²) < 4.78 is 0. The minimum atomic E-state index is 0.650. The summed E-state index contributed by atoms with van der Waals surface area (Å²) in [5.74, 6) is 0. The highest BCUT2D eigenvalue weighted by molar-refractivity contribution is 5.70. The number of hydrogen-bond acceptors (Lipinski definition) is 3. The lowest BCUT2D eigenvalue weighted by Crippen LogP contribution is -2.11. The van der Waals surface area contributed by atoms with Crippen LogP contribution in [-0.4, -0.2) is 7.05 Å². The summed E-state index contributed by atoms with van der Waals surface area (Å²) >= 11 is 0. The van der Waals surface area contributed by atoms with Crippen LogP contribution in [-0.2, 0) is 0 Å². The molecule has 2 N–H and O–H groups in total. The highest BCUT2D eigenvalue weighted by Crippen LogP contribution is 2.27. The number of anilines is 3. The monoisotopic (exact) mass is 223 g/mol. The van der Waals surface area contributed by atoms with Crippen LogP contribution in [0.4, 0.5) is 17.1 Å². The highest BCUT2D eigenvalue weighted by atomic mass is 15.1. The molecule has 3 nitrogen and oxygen atoms in total. The van der Waals surface area contributed by atoms with E-state index in [2.05, 4.69) is 6.07 Å². The third-order valence-electron chi connectivity index (χ3n) is 2.64. The molecule has 2 aromatic carbocycles. The Balaban J connectivity index is 2.44. The van der Waals surface area contributed by atoms with Crippen molar-refractivity contribution in [3.05, 3.63) is 54.1 Å². The molecule has 0 bridgehead atoms. The number of nitrogens with zero attached hydrogens (tertiary/aromatic N) is 2. The Morgan fingerprint density at radius 1 is 1.12 bits per heavy atom. The van der Waals surface area contributed by atoms with Gasteiger partial charge in [0.1, 0.15) is 6.07 Å². The molecular weight excluding hydrogens is 210 g/mol. The summed E-state index contributed by atoms with van der Waals surface area (Å²) in [6.45, 7) is 0. The highest BCUT2D eigenvalue weighted by Gasteiger charge is 2.08. The van der Waals surface area contributed by atoms with E-state index < -0.39 is 0 Å². The molecule has 84 valence electrons. The van der Waals surface area contributed by atoms with Crippen LogP contribution in [0.15, 0.2) is 48.5 Å². The van der Waals surface area contributed by atoms with Crippen LogP contribution in [0.1, 0.15) is 5.56 Å². The normalized spacial score (nSPS) is 9.65. The largest absolute Gasteiger partial charge is 0.399 e. The Labute approximate surface area is 101 Å². The molecule has 0 saturated carbocycles. The van der Waals surface area contributed by atoms with Crippen LogP contribution in [0.2, 0.25) is 0 Å². The predicted molar refractivity (Wildman–Crippen MR) is 70.1 cm³/mol. The zero-order valence-corrected chi connectivity index (χ0v) is 9.59. The van der Waals surface area contributed by atoms with Crippen molar-refractivity contribution in [3.63, 3.8) is 0 Å². The van der Waals surface area contributed by atoms with Crippen molar-refractivity contribution in [3.8, 4) is 6.07 Å². The Bertz CT molecular complexity index is 570. The number of para-hydroxylation sites is 1. The molecule has 0 heterocycles. The first kappa shape index (κ1) is 11.0. The van der Waals surface area contributed by atoms with E-state index >= 15 is 0 Å². The van der Waals surface area contributed by atoms with E-state index in [1.807, 2.05) is 54.4 Å². The molecule has 0 amide bonds. The average molecular weight is 223 g/mol. The van der Waals surface area contributed by atoms with E-state index in [0.717, 1.165) is 11.4 Å². The summed E-state index contributed by atoms with van der Waals surface area (Å²) in [4.78, 5) is 1.95. The third-order valence-corrected chi connectivity index (χ3v) is 2.64. The van der Waals surface area contributed by atoms with Crippen LogP contribution in [0, 0.1) is 11.3 Å². The van der Waals surface area contributed by atoms with Crippen LogP contribution in [0.3, 0.4) is 0 Å². The topological polar surface area (TPSA) is 53.0 Å². The lowest BCUT2D eigenvalue weighted by molar-refractivity contribution is 1.20. The van der Waals surface area contributed by atoms with Crippen LogP contribution >= 0.6 is 0 Å². The van der Waals surface area contributed by atoms with Gasteiger partial charge in [-0.2, -0.15) is 5.26 Å². The molecule has 0 radical (unpaired) electrons. The Morgan fingerprint density at radius 2 is 1.88 bits per heavy atom. The number of hydrogen-bond donors (Lipinski definition) is 1. The molecule has 0 unspecified atom stereocenters. The van der Waals surface area contributed by atoms with Crippen molar-refractivity contribution in [1.82, 2.24) is 0 Å². The van der Waals surface area contributed by atoms with Crippen molar-refractivity contribution in [1.29, 1.82) is 5.26 Å². The van der Waals surface area contributed by atoms with E-state index in [9.17, 15) is 0 Å². The molecule has 0 aliphatic rings. The fourth-order valence-corrected chi connectivity index (χ4v) is 1.73. The van der Waals surface area contributed by atoms with Crippen LogP contribution < -0.4 is 10.6 Å². The van der Waals surface area contributed by atoms with E-state index in [1.165, 1.54) is 0 Å². The minimum Gasteiger partial charge on any atom is -0.399 e. The minimum absolute atomic E-state index is 0.650. The third kappa shape index (κ3) is 2.21. The summed E-state index contributed by atoms with van der Waals surface area (Å²) in [6.07, 6.45) is 0. The molecule has 0 spiro atoms. The number of benzene rings is 2. The molecule has 0 aliphatic heterocycles. The molecule has 2 rings (SSSR count). The van der Waals surface area contributed by atoms with Gasteiger partial charge in [-0.15, -0.1) is 0 Å². The van der Waals surface area contributed by atoms with E-state index in [1.54, 1.807) is 6.07 Å². The first-order valence-electron chi connectivity index (χ1n) is 5.31. The second-order valence-corrected chi connectivity index (χ2v) is 3.78. The second-order valence-electron chi connectivity index (χ2n) is 3.78. The maximum absolute atomic E-state index is 9.07. The fraction of sp³-hybridized carbons (Fsp3) is 0.0714. The van der Waals surface area contributed by atoms with E-state index in [-0.39, 0.29) is 0 Å². The molecule has 3 heteroatoms. The van der Waals surface area contributed by atoms with Gasteiger partial charge in [0.2, 0.25) is 0 Å². The fourth-order valence-electron chi connectivity index (χ4n) is 1.73. The lowest BCUT2D eigenvalue weighted by Gasteiger charge is -2.20. The van der Waals surface area contributed by atoms with Crippen LogP contribution in [0.25, 0.3) is 0 Å². The van der Waals surface area contributed by atoms with Crippen molar-refractivity contribution in [2.75, 3.05) is 17.7 Å². The lowest BCUT2D eigenvalue weighted by atomic mass is 10.1.